The van der Waals surface area contributed by atoms with E-state index >= 15 is 0 Å². The average Bonchev–Trinajstić information content (AvgIpc) is 2.09. The van der Waals surface area contributed by atoms with Gasteiger partial charge in [-0.15, -0.1) is 0 Å². The summed E-state index contributed by atoms with van der Waals surface area (Å²) in [5.74, 6) is -0.252. The second-order valence-electron chi connectivity index (χ2n) is 2.62. The highest BCUT2D eigenvalue weighted by atomic mass is 19.1. The second kappa shape index (κ2) is 4.18. The third-order valence-corrected chi connectivity index (χ3v) is 1.71. The van der Waals surface area contributed by atoms with Gasteiger partial charge in [-0.3, -0.25) is 0 Å². The molecule has 3 heteroatoms. The predicted octanol–water partition coefficient (Wildman–Crippen LogP) is 0.819. The number of nitrogens with two attached hydrogens (primary N) is 1. The Labute approximate surface area is 70.8 Å². The van der Waals surface area contributed by atoms with Crippen LogP contribution in [-0.4, -0.2) is 11.7 Å². The molecule has 0 aliphatic rings. The zero-order valence-electron chi connectivity index (χ0n) is 6.76. The largest absolute Gasteiger partial charge is 0.392 e. The third kappa shape index (κ3) is 2.03. The van der Waals surface area contributed by atoms with Crippen LogP contribution in [0.3, 0.4) is 0 Å². The fraction of sp³-hybridized carbons (Fsp3) is 0.333. The van der Waals surface area contributed by atoms with Gasteiger partial charge >= 0.3 is 0 Å². The van der Waals surface area contributed by atoms with Crippen molar-refractivity contribution in [1.82, 2.24) is 0 Å². The van der Waals surface area contributed by atoms with Gasteiger partial charge in [0, 0.05) is 0 Å². The van der Waals surface area contributed by atoms with Crippen molar-refractivity contribution < 1.29 is 9.50 Å². The Morgan fingerprint density at radius 1 is 1.42 bits per heavy atom. The normalized spacial score (nSPS) is 10.2. The van der Waals surface area contributed by atoms with E-state index in [1.165, 1.54) is 6.07 Å². The summed E-state index contributed by atoms with van der Waals surface area (Å²) in [5.41, 5.74) is 6.59. The minimum Gasteiger partial charge on any atom is -0.392 e. The molecular formula is C9H12FNO. The molecule has 3 N–H and O–H groups in total. The van der Waals surface area contributed by atoms with Crippen LogP contribution in [0.5, 0.6) is 0 Å². The first-order valence-electron chi connectivity index (χ1n) is 3.86. The summed E-state index contributed by atoms with van der Waals surface area (Å²) in [7, 11) is 0. The van der Waals surface area contributed by atoms with Crippen molar-refractivity contribution in [2.24, 2.45) is 5.73 Å². The standard InChI is InChI=1S/C9H12FNO/c10-9-2-1-7(6-12)5-8(9)3-4-11/h1-2,5,12H,3-4,6,11H2. The molecule has 0 bridgehead atoms. The molecule has 1 aromatic carbocycles. The summed E-state index contributed by atoms with van der Waals surface area (Å²) in [4.78, 5) is 0. The molecule has 0 aliphatic carbocycles. The second-order valence-corrected chi connectivity index (χ2v) is 2.62. The zero-order chi connectivity index (χ0) is 8.97. The monoisotopic (exact) mass is 169 g/mol. The molecule has 0 radical (unpaired) electrons. The Bertz CT molecular complexity index is 263. The van der Waals surface area contributed by atoms with Crippen molar-refractivity contribution >= 4 is 0 Å². The number of rotatable bonds is 3. The number of aliphatic hydroxyl groups is 1. The first kappa shape index (κ1) is 9.16. The van der Waals surface area contributed by atoms with E-state index in [0.29, 0.717) is 18.5 Å². The van der Waals surface area contributed by atoms with Gasteiger partial charge in [-0.25, -0.2) is 4.39 Å². The van der Waals surface area contributed by atoms with E-state index in [0.717, 1.165) is 5.56 Å². The zero-order valence-corrected chi connectivity index (χ0v) is 6.76. The van der Waals surface area contributed by atoms with Gasteiger partial charge in [-0.1, -0.05) is 12.1 Å². The first-order chi connectivity index (χ1) is 5.77. The van der Waals surface area contributed by atoms with E-state index < -0.39 is 0 Å². The van der Waals surface area contributed by atoms with Crippen molar-refractivity contribution in [2.45, 2.75) is 13.0 Å². The van der Waals surface area contributed by atoms with Crippen LogP contribution in [0.2, 0.25) is 0 Å². The highest BCUT2D eigenvalue weighted by molar-refractivity contribution is 5.24. The van der Waals surface area contributed by atoms with Crippen LogP contribution in [-0.2, 0) is 13.0 Å². The van der Waals surface area contributed by atoms with Gasteiger partial charge in [0.05, 0.1) is 6.61 Å². The molecule has 66 valence electrons. The Kier molecular flexibility index (Phi) is 3.19. The van der Waals surface area contributed by atoms with Gasteiger partial charge in [0.15, 0.2) is 0 Å². The summed E-state index contributed by atoms with van der Waals surface area (Å²) >= 11 is 0. The molecule has 0 amide bonds. The van der Waals surface area contributed by atoms with Gasteiger partial charge in [-0.05, 0) is 30.2 Å². The summed E-state index contributed by atoms with van der Waals surface area (Å²) in [5, 5.41) is 8.77. The van der Waals surface area contributed by atoms with Crippen molar-refractivity contribution in [3.05, 3.63) is 35.1 Å². The first-order valence-corrected chi connectivity index (χ1v) is 3.86. The molecule has 0 saturated heterocycles. The molecule has 0 aromatic heterocycles. The van der Waals surface area contributed by atoms with Crippen LogP contribution in [0.1, 0.15) is 11.1 Å². The predicted molar refractivity (Wildman–Crippen MR) is 45.1 cm³/mol. The maximum absolute atomic E-state index is 13.0. The SMILES string of the molecule is NCCc1cc(CO)ccc1F. The van der Waals surface area contributed by atoms with E-state index in [-0.39, 0.29) is 12.4 Å². The molecule has 2 nitrogen and oxygen atoms in total. The lowest BCUT2D eigenvalue weighted by Gasteiger charge is -2.02. The lowest BCUT2D eigenvalue weighted by atomic mass is 10.1. The third-order valence-electron chi connectivity index (χ3n) is 1.71. The summed E-state index contributed by atoms with van der Waals surface area (Å²) in [6.07, 6.45) is 0.514. The van der Waals surface area contributed by atoms with E-state index in [4.69, 9.17) is 10.8 Å². The maximum atomic E-state index is 13.0. The Morgan fingerprint density at radius 3 is 2.75 bits per heavy atom. The van der Waals surface area contributed by atoms with Crippen LogP contribution in [0, 0.1) is 5.82 Å². The van der Waals surface area contributed by atoms with Crippen molar-refractivity contribution in [2.75, 3.05) is 6.54 Å². The van der Waals surface area contributed by atoms with Crippen molar-refractivity contribution in [3.63, 3.8) is 0 Å². The molecule has 0 unspecified atom stereocenters. The van der Waals surface area contributed by atoms with Crippen LogP contribution in [0.4, 0.5) is 4.39 Å². The molecule has 0 fully saturated rings. The van der Waals surface area contributed by atoms with Crippen molar-refractivity contribution in [1.29, 1.82) is 0 Å². The van der Waals surface area contributed by atoms with Gasteiger partial charge in [0.25, 0.3) is 0 Å². The van der Waals surface area contributed by atoms with E-state index in [1.54, 1.807) is 12.1 Å². The maximum Gasteiger partial charge on any atom is 0.126 e. The number of benzene rings is 1. The van der Waals surface area contributed by atoms with E-state index in [9.17, 15) is 4.39 Å². The lowest BCUT2D eigenvalue weighted by molar-refractivity contribution is 0.281. The molecule has 0 atom stereocenters. The number of halogens is 1. The van der Waals surface area contributed by atoms with Gasteiger partial charge < -0.3 is 10.8 Å². The molecule has 0 heterocycles. The Morgan fingerprint density at radius 2 is 2.17 bits per heavy atom. The van der Waals surface area contributed by atoms with Crippen LogP contribution >= 0.6 is 0 Å². The summed E-state index contributed by atoms with van der Waals surface area (Å²) < 4.78 is 13.0. The Balaban J connectivity index is 2.91. The van der Waals surface area contributed by atoms with E-state index in [2.05, 4.69) is 0 Å². The smallest absolute Gasteiger partial charge is 0.126 e. The topological polar surface area (TPSA) is 46.2 Å². The highest BCUT2D eigenvalue weighted by Crippen LogP contribution is 2.10. The van der Waals surface area contributed by atoms with Crippen LogP contribution < -0.4 is 5.73 Å². The summed E-state index contributed by atoms with van der Waals surface area (Å²) in [6, 6.07) is 4.56. The summed E-state index contributed by atoms with van der Waals surface area (Å²) in [6.45, 7) is 0.365. The molecular weight excluding hydrogens is 157 g/mol. The molecule has 1 aromatic rings. The minimum atomic E-state index is -0.252. The van der Waals surface area contributed by atoms with Gasteiger partial charge in [-0.2, -0.15) is 0 Å². The highest BCUT2D eigenvalue weighted by Gasteiger charge is 2.01. The fourth-order valence-corrected chi connectivity index (χ4v) is 1.07. The van der Waals surface area contributed by atoms with E-state index in [1.807, 2.05) is 0 Å². The quantitative estimate of drug-likeness (QED) is 0.703. The number of hydrogen-bond acceptors (Lipinski definition) is 2. The molecule has 0 saturated carbocycles. The average molecular weight is 169 g/mol. The minimum absolute atomic E-state index is 0.0577. The molecule has 1 rings (SSSR count). The van der Waals surface area contributed by atoms with Gasteiger partial charge in [0.2, 0.25) is 0 Å². The van der Waals surface area contributed by atoms with Crippen molar-refractivity contribution in [3.8, 4) is 0 Å². The molecule has 0 spiro atoms. The number of hydrogen-bond donors (Lipinski definition) is 2. The van der Waals surface area contributed by atoms with Gasteiger partial charge in [0.1, 0.15) is 5.82 Å². The van der Waals surface area contributed by atoms with Crippen LogP contribution in [0.25, 0.3) is 0 Å². The Hall–Kier alpha value is -0.930. The molecule has 12 heavy (non-hydrogen) atoms. The van der Waals surface area contributed by atoms with Crippen LogP contribution in [0.15, 0.2) is 18.2 Å². The molecule has 0 aliphatic heterocycles. The number of aliphatic hydroxyl groups excluding tert-OH is 1. The fourth-order valence-electron chi connectivity index (χ4n) is 1.07. The lowest BCUT2D eigenvalue weighted by Crippen LogP contribution is -2.05.